The minimum absolute atomic E-state index is 0.0282. The van der Waals surface area contributed by atoms with Crippen LogP contribution in [0, 0.1) is 13.8 Å². The van der Waals surface area contributed by atoms with Gasteiger partial charge in [-0.2, -0.15) is 15.3 Å². The van der Waals surface area contributed by atoms with Crippen LogP contribution in [0.15, 0.2) is 36.7 Å². The van der Waals surface area contributed by atoms with Crippen LogP contribution in [0.1, 0.15) is 29.8 Å². The van der Waals surface area contributed by atoms with E-state index in [2.05, 4.69) is 30.6 Å². The molecule has 2 amide bonds. The fourth-order valence-electron chi connectivity index (χ4n) is 5.50. The van der Waals surface area contributed by atoms with Gasteiger partial charge in [-0.15, -0.1) is 0 Å². The lowest BCUT2D eigenvalue weighted by molar-refractivity contribution is 0.197. The number of benzene rings is 1. The van der Waals surface area contributed by atoms with Crippen molar-refractivity contribution in [1.82, 2.24) is 35.6 Å². The Hall–Kier alpha value is -4.41. The number of methoxy groups -OCH3 is 1. The summed E-state index contributed by atoms with van der Waals surface area (Å²) in [5, 5.41) is 19.7. The first-order valence-electron chi connectivity index (χ1n) is 12.7. The SMILES string of the molecule is COc1cc2[nH]nc(-c3ccc(N4CCN5C(=O)NCC5C4)nc3)c2cc1OC(C)c1c(C)cnnc1C. The Morgan fingerprint density at radius 3 is 2.76 bits per heavy atom. The minimum atomic E-state index is -0.251. The molecule has 0 saturated carbocycles. The molecule has 2 atom stereocenters. The largest absolute Gasteiger partial charge is 0.493 e. The van der Waals surface area contributed by atoms with E-state index in [4.69, 9.17) is 14.5 Å². The van der Waals surface area contributed by atoms with Crippen LogP contribution in [0.2, 0.25) is 0 Å². The van der Waals surface area contributed by atoms with Gasteiger partial charge in [0.05, 0.1) is 30.6 Å². The zero-order chi connectivity index (χ0) is 26.4. The van der Waals surface area contributed by atoms with E-state index in [-0.39, 0.29) is 18.2 Å². The molecule has 11 nitrogen and oxygen atoms in total. The van der Waals surface area contributed by atoms with Crippen LogP contribution in [-0.2, 0) is 0 Å². The van der Waals surface area contributed by atoms with Gasteiger partial charge in [-0.3, -0.25) is 5.10 Å². The van der Waals surface area contributed by atoms with Gasteiger partial charge in [-0.05, 0) is 44.5 Å². The summed E-state index contributed by atoms with van der Waals surface area (Å²) in [5.74, 6) is 2.13. The molecule has 2 fully saturated rings. The molecule has 2 N–H and O–H groups in total. The second-order valence-electron chi connectivity index (χ2n) is 9.79. The number of carbonyl (C=O) groups is 1. The molecular formula is C27H30N8O3. The molecule has 0 aliphatic carbocycles. The van der Waals surface area contributed by atoms with E-state index in [1.807, 2.05) is 56.1 Å². The van der Waals surface area contributed by atoms with Crippen molar-refractivity contribution in [1.29, 1.82) is 0 Å². The lowest BCUT2D eigenvalue weighted by atomic mass is 10.0. The first-order valence-corrected chi connectivity index (χ1v) is 12.7. The number of pyridine rings is 1. The van der Waals surface area contributed by atoms with Crippen molar-refractivity contribution < 1.29 is 14.3 Å². The quantitative estimate of drug-likeness (QED) is 0.402. The van der Waals surface area contributed by atoms with Crippen molar-refractivity contribution in [3.8, 4) is 22.8 Å². The molecule has 6 rings (SSSR count). The molecule has 0 spiro atoms. The molecule has 11 heteroatoms. The number of anilines is 1. The molecule has 2 unspecified atom stereocenters. The molecular weight excluding hydrogens is 484 g/mol. The number of piperazine rings is 1. The Morgan fingerprint density at radius 1 is 1.13 bits per heavy atom. The summed E-state index contributed by atoms with van der Waals surface area (Å²) in [7, 11) is 1.63. The topological polar surface area (TPSA) is 121 Å². The van der Waals surface area contributed by atoms with Crippen molar-refractivity contribution in [2.75, 3.05) is 38.2 Å². The average molecular weight is 515 g/mol. The van der Waals surface area contributed by atoms with E-state index in [0.717, 1.165) is 57.9 Å². The maximum atomic E-state index is 11.9. The van der Waals surface area contributed by atoms with Gasteiger partial charge in [0.25, 0.3) is 0 Å². The summed E-state index contributed by atoms with van der Waals surface area (Å²) in [4.78, 5) is 20.8. The minimum Gasteiger partial charge on any atom is -0.493 e. The third-order valence-corrected chi connectivity index (χ3v) is 7.41. The maximum absolute atomic E-state index is 11.9. The molecule has 0 bridgehead atoms. The van der Waals surface area contributed by atoms with Crippen LogP contribution in [0.25, 0.3) is 22.2 Å². The molecule has 38 heavy (non-hydrogen) atoms. The number of H-pyrrole nitrogens is 1. The highest BCUT2D eigenvalue weighted by Gasteiger charge is 2.35. The fourth-order valence-corrected chi connectivity index (χ4v) is 5.50. The van der Waals surface area contributed by atoms with Crippen LogP contribution in [0.3, 0.4) is 0 Å². The second kappa shape index (κ2) is 9.47. The van der Waals surface area contributed by atoms with E-state index in [1.165, 1.54) is 0 Å². The van der Waals surface area contributed by atoms with E-state index >= 15 is 0 Å². The fraction of sp³-hybridized carbons (Fsp3) is 0.370. The van der Waals surface area contributed by atoms with E-state index in [1.54, 1.807) is 13.3 Å². The number of urea groups is 1. The first kappa shape index (κ1) is 24.0. The number of fused-ring (bicyclic) bond motifs is 2. The summed E-state index contributed by atoms with van der Waals surface area (Å²) in [6, 6.07) is 8.11. The lowest BCUT2D eigenvalue weighted by Gasteiger charge is -2.37. The molecule has 1 aromatic carbocycles. The number of carbonyl (C=O) groups excluding carboxylic acids is 1. The molecule has 4 aromatic rings. The summed E-state index contributed by atoms with van der Waals surface area (Å²) in [6.07, 6.45) is 3.34. The van der Waals surface area contributed by atoms with Crippen LogP contribution in [0.4, 0.5) is 10.6 Å². The monoisotopic (exact) mass is 514 g/mol. The Labute approximate surface area is 220 Å². The average Bonchev–Trinajstić information content (AvgIpc) is 3.50. The zero-order valence-corrected chi connectivity index (χ0v) is 21.9. The predicted octanol–water partition coefficient (Wildman–Crippen LogP) is 3.39. The molecule has 2 aliphatic heterocycles. The number of aromatic nitrogens is 5. The summed E-state index contributed by atoms with van der Waals surface area (Å²) < 4.78 is 12.0. The van der Waals surface area contributed by atoms with Crippen molar-refractivity contribution in [2.24, 2.45) is 0 Å². The third-order valence-electron chi connectivity index (χ3n) is 7.41. The van der Waals surface area contributed by atoms with Gasteiger partial charge >= 0.3 is 6.03 Å². The molecule has 5 heterocycles. The van der Waals surface area contributed by atoms with Crippen molar-refractivity contribution >= 4 is 22.8 Å². The van der Waals surface area contributed by atoms with Gasteiger partial charge in [0, 0.05) is 55.0 Å². The molecule has 196 valence electrons. The standard InChI is InChI=1S/C27H30N8O3/c1-15-11-30-31-16(2)25(15)17(3)38-23-9-20-21(10-22(23)37-4)32-33-26(20)18-5-6-24(28-12-18)34-7-8-35-19(14-34)13-29-27(35)36/h5-6,9-12,17,19H,7-8,13-14H2,1-4H3,(H,29,36)(H,32,33). The number of hydrogen-bond acceptors (Lipinski definition) is 8. The Morgan fingerprint density at radius 2 is 2.00 bits per heavy atom. The van der Waals surface area contributed by atoms with E-state index in [9.17, 15) is 4.79 Å². The number of nitrogens with zero attached hydrogens (tertiary/aromatic N) is 6. The molecule has 3 aromatic heterocycles. The molecule has 2 aliphatic rings. The summed E-state index contributed by atoms with van der Waals surface area (Å²) in [6.45, 7) is 8.83. The molecule has 0 radical (unpaired) electrons. The number of hydrogen-bond donors (Lipinski definition) is 2. The number of aryl methyl sites for hydroxylation is 2. The van der Waals surface area contributed by atoms with Crippen LogP contribution in [0.5, 0.6) is 11.5 Å². The normalized spacial score (nSPS) is 17.9. The number of rotatable bonds is 6. The lowest BCUT2D eigenvalue weighted by Crippen LogP contribution is -2.52. The van der Waals surface area contributed by atoms with Gasteiger partial charge in [0.2, 0.25) is 0 Å². The third kappa shape index (κ3) is 4.13. The van der Waals surface area contributed by atoms with Gasteiger partial charge in [0.1, 0.15) is 17.6 Å². The van der Waals surface area contributed by atoms with E-state index < -0.39 is 0 Å². The highest BCUT2D eigenvalue weighted by atomic mass is 16.5. The second-order valence-corrected chi connectivity index (χ2v) is 9.79. The van der Waals surface area contributed by atoms with Crippen LogP contribution >= 0.6 is 0 Å². The smallest absolute Gasteiger partial charge is 0.317 e. The Balaban J connectivity index is 1.27. The van der Waals surface area contributed by atoms with E-state index in [0.29, 0.717) is 24.6 Å². The Bertz CT molecular complexity index is 1480. The number of ether oxygens (including phenoxy) is 2. The number of amides is 2. The molecule has 2 saturated heterocycles. The van der Waals surface area contributed by atoms with Crippen molar-refractivity contribution in [3.63, 3.8) is 0 Å². The number of nitrogens with one attached hydrogen (secondary N) is 2. The van der Waals surface area contributed by atoms with Crippen molar-refractivity contribution in [2.45, 2.75) is 32.9 Å². The van der Waals surface area contributed by atoms with Crippen molar-refractivity contribution in [3.05, 3.63) is 53.5 Å². The predicted molar refractivity (Wildman–Crippen MR) is 143 cm³/mol. The van der Waals surface area contributed by atoms with Gasteiger partial charge < -0.3 is 24.6 Å². The maximum Gasteiger partial charge on any atom is 0.317 e. The Kier molecular flexibility index (Phi) is 5.97. The van der Waals surface area contributed by atoms with Gasteiger partial charge in [0.15, 0.2) is 11.5 Å². The van der Waals surface area contributed by atoms with Gasteiger partial charge in [-0.1, -0.05) is 0 Å². The van der Waals surface area contributed by atoms with Crippen LogP contribution in [-0.4, -0.2) is 75.6 Å². The summed E-state index contributed by atoms with van der Waals surface area (Å²) >= 11 is 0. The van der Waals surface area contributed by atoms with Gasteiger partial charge in [-0.25, -0.2) is 9.78 Å². The highest BCUT2D eigenvalue weighted by molar-refractivity contribution is 5.95. The first-order chi connectivity index (χ1) is 18.4. The number of aromatic amines is 1. The van der Waals surface area contributed by atoms with Crippen LogP contribution < -0.4 is 19.7 Å². The summed E-state index contributed by atoms with van der Waals surface area (Å²) in [5.41, 5.74) is 5.39. The highest BCUT2D eigenvalue weighted by Crippen LogP contribution is 2.38. The zero-order valence-electron chi connectivity index (χ0n) is 21.9.